The summed E-state index contributed by atoms with van der Waals surface area (Å²) in [5.41, 5.74) is -0.0461. The van der Waals surface area contributed by atoms with E-state index in [9.17, 15) is 19.7 Å². The molecule has 1 aliphatic heterocycles. The van der Waals surface area contributed by atoms with E-state index < -0.39 is 27.7 Å². The van der Waals surface area contributed by atoms with E-state index in [1.165, 1.54) is 56.4 Å². The van der Waals surface area contributed by atoms with Crippen molar-refractivity contribution in [2.75, 3.05) is 20.1 Å². The minimum absolute atomic E-state index is 0.0662. The van der Waals surface area contributed by atoms with Gasteiger partial charge in [-0.15, -0.1) is 11.8 Å². The van der Waals surface area contributed by atoms with Gasteiger partial charge in [0.1, 0.15) is 11.6 Å². The molecule has 10 heteroatoms. The zero-order chi connectivity index (χ0) is 21.1. The highest BCUT2D eigenvalue weighted by Crippen LogP contribution is 2.40. The average Bonchev–Trinajstić information content (AvgIpc) is 2.98. The maximum absolute atomic E-state index is 12.3. The van der Waals surface area contributed by atoms with E-state index in [1.807, 2.05) is 13.8 Å². The van der Waals surface area contributed by atoms with E-state index in [0.29, 0.717) is 11.4 Å². The zero-order valence-corrected chi connectivity index (χ0v) is 16.7. The van der Waals surface area contributed by atoms with Crippen LogP contribution in [0.25, 0.3) is 0 Å². The number of carbonyl (C=O) groups excluding carboxylic acids is 2. The molecule has 0 aliphatic carbocycles. The summed E-state index contributed by atoms with van der Waals surface area (Å²) < 4.78 is 9.23. The van der Waals surface area contributed by atoms with Crippen LogP contribution in [-0.2, 0) is 19.1 Å². The van der Waals surface area contributed by atoms with Crippen LogP contribution in [0, 0.1) is 15.5 Å². The number of thioether (sulfide) groups is 1. The number of hydrogen-bond donors (Lipinski definition) is 1. The van der Waals surface area contributed by atoms with Crippen molar-refractivity contribution in [3.63, 3.8) is 0 Å². The summed E-state index contributed by atoms with van der Waals surface area (Å²) in [7, 11) is 2.49. The fraction of sp³-hybridized carbons (Fsp3) is 0.389. The Labute approximate surface area is 166 Å². The number of nitrogens with zero attached hydrogens (tertiary/aromatic N) is 2. The Morgan fingerprint density at radius 3 is 2.39 bits per heavy atom. The minimum atomic E-state index is -0.748. The van der Waals surface area contributed by atoms with E-state index >= 15 is 0 Å². The molecule has 1 saturated heterocycles. The Bertz CT molecular complexity index is 834. The number of non-ortho nitro benzene ring substituents is 1. The maximum atomic E-state index is 12.3. The van der Waals surface area contributed by atoms with Crippen LogP contribution >= 0.6 is 11.8 Å². The first kappa shape index (κ1) is 21.4. The summed E-state index contributed by atoms with van der Waals surface area (Å²) >= 11 is 1.52. The van der Waals surface area contributed by atoms with Crippen molar-refractivity contribution >= 4 is 35.1 Å². The molecule has 1 aliphatic rings. The van der Waals surface area contributed by atoms with Crippen LogP contribution in [0.5, 0.6) is 0 Å². The molecule has 1 aromatic carbocycles. The van der Waals surface area contributed by atoms with Gasteiger partial charge in [0, 0.05) is 28.6 Å². The summed E-state index contributed by atoms with van der Waals surface area (Å²) in [6, 6.07) is 4.64. The molecule has 0 aromatic heterocycles. The quantitative estimate of drug-likeness (QED) is 0.251. The van der Waals surface area contributed by atoms with Gasteiger partial charge < -0.3 is 14.4 Å². The van der Waals surface area contributed by atoms with Gasteiger partial charge in [-0.25, -0.2) is 9.59 Å². The SMILES string of the molecule is COC(=O)/C(=C\N1CSC(C)(C)[C@H]1C(=O)OC)C(=N)c1ccc([N+](=O)[O-])cc1. The highest BCUT2D eigenvalue weighted by molar-refractivity contribution is 8.00. The summed E-state index contributed by atoms with van der Waals surface area (Å²) in [6.45, 7) is 3.79. The van der Waals surface area contributed by atoms with Crippen LogP contribution in [-0.4, -0.2) is 58.4 Å². The summed E-state index contributed by atoms with van der Waals surface area (Å²) in [5, 5.41) is 19.2. The predicted octanol–water partition coefficient (Wildman–Crippen LogP) is 2.35. The maximum Gasteiger partial charge on any atom is 0.341 e. The molecule has 0 bridgehead atoms. The van der Waals surface area contributed by atoms with E-state index in [-0.39, 0.29) is 17.0 Å². The predicted molar refractivity (Wildman–Crippen MR) is 104 cm³/mol. The molecule has 0 unspecified atom stereocenters. The average molecular weight is 407 g/mol. The lowest BCUT2D eigenvalue weighted by atomic mass is 10.00. The molecule has 1 aromatic rings. The second-order valence-corrected chi connectivity index (χ2v) is 8.13. The second-order valence-electron chi connectivity index (χ2n) is 6.53. The van der Waals surface area contributed by atoms with Crippen molar-refractivity contribution in [1.82, 2.24) is 4.90 Å². The third-order valence-corrected chi connectivity index (χ3v) is 5.73. The number of esters is 2. The molecule has 0 saturated carbocycles. The van der Waals surface area contributed by atoms with E-state index in [1.54, 1.807) is 4.90 Å². The summed E-state index contributed by atoms with van der Waals surface area (Å²) in [5.74, 6) is -0.778. The number of ether oxygens (including phenoxy) is 2. The first-order valence-corrected chi connectivity index (χ1v) is 9.22. The lowest BCUT2D eigenvalue weighted by Gasteiger charge is -2.28. The Hall–Kier alpha value is -2.88. The Kier molecular flexibility index (Phi) is 6.45. The van der Waals surface area contributed by atoms with Crippen LogP contribution in [0.1, 0.15) is 19.4 Å². The fourth-order valence-electron chi connectivity index (χ4n) is 2.84. The number of methoxy groups -OCH3 is 2. The van der Waals surface area contributed by atoms with Crippen LogP contribution in [0.2, 0.25) is 0 Å². The number of rotatable bonds is 6. The summed E-state index contributed by atoms with van der Waals surface area (Å²) in [6.07, 6.45) is 1.42. The molecule has 1 atom stereocenters. The molecular weight excluding hydrogens is 386 g/mol. The van der Waals surface area contributed by atoms with Crippen LogP contribution < -0.4 is 0 Å². The van der Waals surface area contributed by atoms with Gasteiger partial charge in [-0.05, 0) is 26.0 Å². The van der Waals surface area contributed by atoms with Crippen molar-refractivity contribution in [3.05, 3.63) is 51.7 Å². The van der Waals surface area contributed by atoms with Crippen molar-refractivity contribution in [1.29, 1.82) is 5.41 Å². The van der Waals surface area contributed by atoms with Crippen LogP contribution in [0.4, 0.5) is 5.69 Å². The molecule has 1 fully saturated rings. The third kappa shape index (κ3) is 4.33. The number of nitrogens with one attached hydrogen (secondary N) is 1. The van der Waals surface area contributed by atoms with Crippen molar-refractivity contribution < 1.29 is 24.0 Å². The fourth-order valence-corrected chi connectivity index (χ4v) is 3.93. The van der Waals surface area contributed by atoms with E-state index in [2.05, 4.69) is 0 Å². The van der Waals surface area contributed by atoms with Crippen molar-refractivity contribution in [3.8, 4) is 0 Å². The standard InChI is InChI=1S/C18H21N3O6S/c1-18(2)15(17(23)27-4)20(10-28-18)9-13(16(22)26-3)14(19)11-5-7-12(8-6-11)21(24)25/h5-9,15,19H,10H2,1-4H3/b13-9-,19-14?/t15-/m1/s1. The molecule has 150 valence electrons. The molecule has 2 rings (SSSR count). The van der Waals surface area contributed by atoms with Gasteiger partial charge in [-0.1, -0.05) is 0 Å². The number of nitro benzene ring substituents is 1. The first-order valence-electron chi connectivity index (χ1n) is 8.23. The molecular formula is C18H21N3O6S. The van der Waals surface area contributed by atoms with Crippen LogP contribution in [0.15, 0.2) is 36.0 Å². The Balaban J connectivity index is 2.42. The second kappa shape index (κ2) is 8.42. The highest BCUT2D eigenvalue weighted by atomic mass is 32.2. The molecule has 28 heavy (non-hydrogen) atoms. The van der Waals surface area contributed by atoms with Crippen molar-refractivity contribution in [2.45, 2.75) is 24.6 Å². The Morgan fingerprint density at radius 2 is 1.89 bits per heavy atom. The van der Waals surface area contributed by atoms with Gasteiger partial charge in [-0.3, -0.25) is 15.5 Å². The molecule has 9 nitrogen and oxygen atoms in total. The van der Waals surface area contributed by atoms with Gasteiger partial charge in [0.25, 0.3) is 5.69 Å². The molecule has 1 N–H and O–H groups in total. The minimum Gasteiger partial charge on any atom is -0.467 e. The van der Waals surface area contributed by atoms with Gasteiger partial charge in [0.05, 0.1) is 30.7 Å². The lowest BCUT2D eigenvalue weighted by Crippen LogP contribution is -2.45. The number of nitro groups is 1. The Morgan fingerprint density at radius 1 is 1.29 bits per heavy atom. The van der Waals surface area contributed by atoms with E-state index in [0.717, 1.165) is 0 Å². The van der Waals surface area contributed by atoms with Gasteiger partial charge in [0.2, 0.25) is 0 Å². The first-order chi connectivity index (χ1) is 13.1. The topological polar surface area (TPSA) is 123 Å². The lowest BCUT2D eigenvalue weighted by molar-refractivity contribution is -0.384. The van der Waals surface area contributed by atoms with E-state index in [4.69, 9.17) is 14.9 Å². The monoisotopic (exact) mass is 407 g/mol. The smallest absolute Gasteiger partial charge is 0.341 e. The number of benzene rings is 1. The largest absolute Gasteiger partial charge is 0.467 e. The number of carbonyl (C=O) groups is 2. The van der Waals surface area contributed by atoms with Gasteiger partial charge in [-0.2, -0.15) is 0 Å². The molecule has 0 amide bonds. The molecule has 1 heterocycles. The number of hydrogen-bond acceptors (Lipinski definition) is 9. The van der Waals surface area contributed by atoms with Crippen LogP contribution in [0.3, 0.4) is 0 Å². The third-order valence-electron chi connectivity index (χ3n) is 4.34. The van der Waals surface area contributed by atoms with Gasteiger partial charge in [0.15, 0.2) is 0 Å². The zero-order valence-electron chi connectivity index (χ0n) is 15.9. The molecule has 0 radical (unpaired) electrons. The van der Waals surface area contributed by atoms with Gasteiger partial charge >= 0.3 is 11.9 Å². The highest BCUT2D eigenvalue weighted by Gasteiger charge is 2.46. The summed E-state index contributed by atoms with van der Waals surface area (Å²) in [4.78, 5) is 36.5. The normalized spacial score (nSPS) is 18.5. The van der Waals surface area contributed by atoms with Crippen molar-refractivity contribution in [2.24, 2.45) is 0 Å². The molecule has 0 spiro atoms.